The number of nitrogens with zero attached hydrogens (tertiary/aromatic N) is 2. The summed E-state index contributed by atoms with van der Waals surface area (Å²) in [5.74, 6) is -1.22. The summed E-state index contributed by atoms with van der Waals surface area (Å²) in [4.78, 5) is 27.4. The number of nitrogens with one attached hydrogen (secondary N) is 2. The molecule has 4 rings (SSSR count). The van der Waals surface area contributed by atoms with E-state index in [9.17, 15) is 14.7 Å². The van der Waals surface area contributed by atoms with E-state index in [4.69, 9.17) is 0 Å². The molecule has 0 unspecified atom stereocenters. The molecule has 0 radical (unpaired) electrons. The Balaban J connectivity index is 1.85. The molecule has 0 saturated carbocycles. The number of carbonyl (C=O) groups excluding carboxylic acids is 2. The molecule has 1 aromatic carbocycles. The average Bonchev–Trinajstić information content (AvgIpc) is 2.63. The Morgan fingerprint density at radius 3 is 2.76 bits per heavy atom. The van der Waals surface area contributed by atoms with Gasteiger partial charge in [0.25, 0.3) is 0 Å². The monoisotopic (exact) mass is 354 g/mol. The number of anilines is 1. The van der Waals surface area contributed by atoms with Crippen LogP contribution >= 0.6 is 11.8 Å². The Hall–Kier alpha value is -3.00. The van der Waals surface area contributed by atoms with Crippen molar-refractivity contribution in [1.82, 2.24) is 10.4 Å². The molecule has 7 nitrogen and oxygen atoms in total. The van der Waals surface area contributed by atoms with Crippen LogP contribution in [0.3, 0.4) is 0 Å². The molecule has 3 aliphatic rings. The quantitative estimate of drug-likeness (QED) is 0.523. The van der Waals surface area contributed by atoms with Gasteiger partial charge in [-0.1, -0.05) is 36.0 Å². The number of fused-ring (bicyclic) bond motifs is 3. The van der Waals surface area contributed by atoms with Crippen LogP contribution in [0.15, 0.2) is 58.9 Å². The van der Waals surface area contributed by atoms with E-state index < -0.39 is 17.7 Å². The first-order valence-corrected chi connectivity index (χ1v) is 8.76. The maximum absolute atomic E-state index is 11.8. The first-order chi connectivity index (χ1) is 12.1. The van der Waals surface area contributed by atoms with Gasteiger partial charge in [-0.05, 0) is 24.5 Å². The zero-order valence-corrected chi connectivity index (χ0v) is 14.0. The van der Waals surface area contributed by atoms with Gasteiger partial charge in [0.1, 0.15) is 11.9 Å². The van der Waals surface area contributed by atoms with Crippen molar-refractivity contribution in [2.24, 2.45) is 4.99 Å². The van der Waals surface area contributed by atoms with Crippen LogP contribution in [-0.4, -0.2) is 39.3 Å². The highest BCUT2D eigenvalue weighted by Gasteiger charge is 2.37. The van der Waals surface area contributed by atoms with Crippen molar-refractivity contribution in [3.8, 4) is 0 Å². The van der Waals surface area contributed by atoms with E-state index in [1.807, 2.05) is 30.5 Å². The summed E-state index contributed by atoms with van der Waals surface area (Å²) < 4.78 is 0. The number of hydrazine groups is 1. The third-order valence-electron chi connectivity index (χ3n) is 4.09. The molecule has 2 aliphatic heterocycles. The Bertz CT molecular complexity index is 916. The molecule has 0 aromatic heterocycles. The average molecular weight is 354 g/mol. The number of aliphatic hydroxyl groups excluding tert-OH is 1. The van der Waals surface area contributed by atoms with E-state index >= 15 is 0 Å². The van der Waals surface area contributed by atoms with Crippen molar-refractivity contribution in [2.75, 3.05) is 11.6 Å². The lowest BCUT2D eigenvalue weighted by Crippen LogP contribution is -2.54. The second kappa shape index (κ2) is 5.82. The minimum Gasteiger partial charge on any atom is -0.492 e. The zero-order valence-electron chi connectivity index (χ0n) is 13.2. The zero-order chi connectivity index (χ0) is 17.6. The predicted octanol–water partition coefficient (Wildman–Crippen LogP) is 1.80. The summed E-state index contributed by atoms with van der Waals surface area (Å²) in [7, 11) is 0. The maximum atomic E-state index is 11.8. The van der Waals surface area contributed by atoms with Crippen LogP contribution in [0.2, 0.25) is 0 Å². The summed E-state index contributed by atoms with van der Waals surface area (Å²) in [6.07, 6.45) is 5.53. The van der Waals surface area contributed by atoms with Gasteiger partial charge in [-0.3, -0.25) is 20.0 Å². The van der Waals surface area contributed by atoms with Crippen LogP contribution in [0.4, 0.5) is 5.69 Å². The Morgan fingerprint density at radius 2 is 2.00 bits per heavy atom. The van der Waals surface area contributed by atoms with Gasteiger partial charge >= 0.3 is 0 Å². The van der Waals surface area contributed by atoms with E-state index in [0.717, 1.165) is 11.3 Å². The molecule has 1 aliphatic carbocycles. The smallest absolute Gasteiger partial charge is 0.240 e. The Morgan fingerprint density at radius 1 is 1.20 bits per heavy atom. The van der Waals surface area contributed by atoms with E-state index in [-0.39, 0.29) is 5.88 Å². The topological polar surface area (TPSA) is 94.0 Å². The van der Waals surface area contributed by atoms with Gasteiger partial charge in [0.05, 0.1) is 0 Å². The standard InChI is InChI=1S/C17H14N4O3S/c1-25-17-19-16(24)14-10-4-2-3-5-11(10)18-15(21(14)20-17)9-6-7-12(22)13(23)8-9/h2-8,15,18,24H,1H3,(H,19,20)/t15-/m1/s1. The van der Waals surface area contributed by atoms with Crippen molar-refractivity contribution >= 4 is 39.9 Å². The van der Waals surface area contributed by atoms with Crippen molar-refractivity contribution < 1.29 is 14.7 Å². The third kappa shape index (κ3) is 2.51. The van der Waals surface area contributed by atoms with Gasteiger partial charge in [0.15, 0.2) is 5.17 Å². The van der Waals surface area contributed by atoms with Gasteiger partial charge in [-0.15, -0.1) is 0 Å². The Labute approximate surface area is 147 Å². The lowest BCUT2D eigenvalue weighted by molar-refractivity contribution is -0.131. The highest BCUT2D eigenvalue weighted by atomic mass is 32.2. The molecule has 126 valence electrons. The molecule has 0 saturated heterocycles. The minimum atomic E-state index is -0.566. The number of amidine groups is 1. The number of hydrogen-bond donors (Lipinski definition) is 3. The summed E-state index contributed by atoms with van der Waals surface area (Å²) in [6.45, 7) is 0. The largest absolute Gasteiger partial charge is 0.492 e. The summed E-state index contributed by atoms with van der Waals surface area (Å²) in [6, 6.07) is 7.50. The van der Waals surface area contributed by atoms with Crippen LogP contribution in [0, 0.1) is 0 Å². The molecular formula is C17H14N4O3S. The van der Waals surface area contributed by atoms with Crippen LogP contribution in [0.25, 0.3) is 5.70 Å². The molecule has 0 spiro atoms. The Kier molecular flexibility index (Phi) is 3.61. The second-order valence-electron chi connectivity index (χ2n) is 5.57. The van der Waals surface area contributed by atoms with Gasteiger partial charge in [0.2, 0.25) is 17.4 Å². The van der Waals surface area contributed by atoms with Crippen LogP contribution < -0.4 is 10.7 Å². The number of benzene rings is 1. The van der Waals surface area contributed by atoms with Crippen LogP contribution in [-0.2, 0) is 9.59 Å². The molecule has 25 heavy (non-hydrogen) atoms. The SMILES string of the molecule is CSC1=NC(O)=C2c3ccccc3N[C@@H](C3=CC(=O)C(=O)C=C3)N2N1. The summed E-state index contributed by atoms with van der Waals surface area (Å²) in [5, 5.41) is 16.1. The normalized spacial score (nSPS) is 21.8. The second-order valence-corrected chi connectivity index (χ2v) is 6.37. The number of aliphatic imine (C=N–C) groups is 1. The predicted molar refractivity (Wildman–Crippen MR) is 96.6 cm³/mol. The highest BCUT2D eigenvalue weighted by molar-refractivity contribution is 8.13. The number of aliphatic hydroxyl groups is 1. The molecule has 3 N–H and O–H groups in total. The highest BCUT2D eigenvalue weighted by Crippen LogP contribution is 2.38. The molecule has 8 heteroatoms. The molecule has 2 heterocycles. The molecule has 0 amide bonds. The van der Waals surface area contributed by atoms with Crippen molar-refractivity contribution in [3.63, 3.8) is 0 Å². The lowest BCUT2D eigenvalue weighted by Gasteiger charge is -2.43. The first-order valence-electron chi connectivity index (χ1n) is 7.54. The molecule has 1 atom stereocenters. The molecule has 0 bridgehead atoms. The van der Waals surface area contributed by atoms with Crippen LogP contribution in [0.1, 0.15) is 5.56 Å². The maximum Gasteiger partial charge on any atom is 0.240 e. The number of carbonyl (C=O) groups is 2. The van der Waals surface area contributed by atoms with Crippen molar-refractivity contribution in [1.29, 1.82) is 0 Å². The number of rotatable bonds is 1. The molecule has 1 aromatic rings. The van der Waals surface area contributed by atoms with Crippen LogP contribution in [0.5, 0.6) is 0 Å². The minimum absolute atomic E-state index is 0.107. The number of allylic oxidation sites excluding steroid dienone is 2. The number of hydrogen-bond acceptors (Lipinski definition) is 8. The van der Waals surface area contributed by atoms with Gasteiger partial charge < -0.3 is 10.4 Å². The number of ketones is 2. The van der Waals surface area contributed by atoms with E-state index in [0.29, 0.717) is 16.4 Å². The van der Waals surface area contributed by atoms with E-state index in [2.05, 4.69) is 15.7 Å². The summed E-state index contributed by atoms with van der Waals surface area (Å²) >= 11 is 1.35. The number of thioether (sulfide) groups is 1. The first kappa shape index (κ1) is 15.5. The molecular weight excluding hydrogens is 340 g/mol. The number of para-hydroxylation sites is 1. The van der Waals surface area contributed by atoms with E-state index in [1.54, 1.807) is 11.1 Å². The fourth-order valence-electron chi connectivity index (χ4n) is 2.93. The van der Waals surface area contributed by atoms with Gasteiger partial charge in [-0.2, -0.15) is 4.99 Å². The van der Waals surface area contributed by atoms with Gasteiger partial charge in [0, 0.05) is 16.8 Å². The van der Waals surface area contributed by atoms with Crippen molar-refractivity contribution in [3.05, 3.63) is 59.5 Å². The third-order valence-corrected chi connectivity index (χ3v) is 4.65. The van der Waals surface area contributed by atoms with Crippen molar-refractivity contribution in [2.45, 2.75) is 6.17 Å². The fraction of sp³-hybridized carbons (Fsp3) is 0.118. The lowest BCUT2D eigenvalue weighted by atomic mass is 9.98. The van der Waals surface area contributed by atoms with E-state index in [1.165, 1.54) is 23.9 Å². The fourth-order valence-corrected chi connectivity index (χ4v) is 3.30. The molecule has 0 fully saturated rings. The van der Waals surface area contributed by atoms with Gasteiger partial charge in [-0.25, -0.2) is 0 Å². The summed E-state index contributed by atoms with van der Waals surface area (Å²) in [5.41, 5.74) is 5.85.